The van der Waals surface area contributed by atoms with E-state index in [0.29, 0.717) is 18.4 Å². The van der Waals surface area contributed by atoms with Crippen LogP contribution in [0.25, 0.3) is 12.2 Å². The zero-order chi connectivity index (χ0) is 25.4. The average Bonchev–Trinajstić information content (AvgIpc) is 3.42. The second-order valence-electron chi connectivity index (χ2n) is 9.38. The number of hydrogen-bond donors (Lipinski definition) is 0. The van der Waals surface area contributed by atoms with Crippen molar-refractivity contribution < 1.29 is 22.1 Å². The second kappa shape index (κ2) is 9.63. The number of sulfonamides is 1. The van der Waals surface area contributed by atoms with Gasteiger partial charge in [-0.25, -0.2) is 12.8 Å². The maximum Gasteiger partial charge on any atom is 0.248 e. The van der Waals surface area contributed by atoms with Gasteiger partial charge in [-0.3, -0.25) is 4.79 Å². The van der Waals surface area contributed by atoms with Crippen LogP contribution in [0.2, 0.25) is 0 Å². The zero-order valence-electron chi connectivity index (χ0n) is 20.2. The third-order valence-electron chi connectivity index (χ3n) is 7.00. The summed E-state index contributed by atoms with van der Waals surface area (Å²) in [4.78, 5) is 15.3. The molecule has 2 aromatic carbocycles. The molecule has 2 aliphatic heterocycles. The largest absolute Gasteiger partial charge is 0.355 e. The van der Waals surface area contributed by atoms with E-state index in [9.17, 15) is 17.6 Å². The Morgan fingerprint density at radius 2 is 1.78 bits per heavy atom. The van der Waals surface area contributed by atoms with Gasteiger partial charge >= 0.3 is 0 Å². The van der Waals surface area contributed by atoms with Crippen LogP contribution in [0.15, 0.2) is 57.9 Å². The highest BCUT2D eigenvalue weighted by molar-refractivity contribution is 7.89. The third-order valence-corrected chi connectivity index (χ3v) is 9.06. The molecule has 0 aliphatic carbocycles. The Kier molecular flexibility index (Phi) is 6.53. The van der Waals surface area contributed by atoms with Crippen LogP contribution in [-0.2, 0) is 21.2 Å². The number of halogens is 1. The number of carbonyl (C=O) groups excluding carboxylic acids is 1. The Balaban J connectivity index is 1.31. The van der Waals surface area contributed by atoms with Crippen molar-refractivity contribution >= 4 is 33.8 Å². The van der Waals surface area contributed by atoms with Gasteiger partial charge in [-0.15, -0.1) is 0 Å². The number of amides is 1. The minimum absolute atomic E-state index is 0.0260. The summed E-state index contributed by atoms with van der Waals surface area (Å²) in [5.41, 5.74) is 2.67. The molecular weight excluding hydrogens is 481 g/mol. The van der Waals surface area contributed by atoms with Gasteiger partial charge in [0.1, 0.15) is 11.5 Å². The first kappa shape index (κ1) is 24.4. The fourth-order valence-electron chi connectivity index (χ4n) is 5.14. The molecule has 0 unspecified atom stereocenters. The lowest BCUT2D eigenvalue weighted by molar-refractivity contribution is -0.123. The van der Waals surface area contributed by atoms with Crippen molar-refractivity contribution in [2.24, 2.45) is 5.92 Å². The highest BCUT2D eigenvalue weighted by Gasteiger charge is 2.39. The predicted molar refractivity (Wildman–Crippen MR) is 135 cm³/mol. The van der Waals surface area contributed by atoms with E-state index < -0.39 is 15.8 Å². The minimum atomic E-state index is -3.91. The summed E-state index contributed by atoms with van der Waals surface area (Å²) < 4.78 is 47.7. The first-order valence-electron chi connectivity index (χ1n) is 12.1. The molecule has 3 heterocycles. The second-order valence-corrected chi connectivity index (χ2v) is 11.3. The van der Waals surface area contributed by atoms with Crippen molar-refractivity contribution in [1.82, 2.24) is 9.46 Å². The van der Waals surface area contributed by atoms with Gasteiger partial charge < -0.3 is 9.42 Å². The number of aromatic nitrogens is 1. The van der Waals surface area contributed by atoms with Crippen LogP contribution in [-0.4, -0.2) is 42.9 Å². The lowest BCUT2D eigenvalue weighted by Crippen LogP contribution is -2.46. The summed E-state index contributed by atoms with van der Waals surface area (Å²) in [6, 6.07) is 14.2. The van der Waals surface area contributed by atoms with Crippen LogP contribution in [0.5, 0.6) is 0 Å². The lowest BCUT2D eigenvalue weighted by Gasteiger charge is -2.34. The van der Waals surface area contributed by atoms with Gasteiger partial charge in [-0.05, 0) is 63.0 Å². The molecule has 7 nitrogen and oxygen atoms in total. The number of rotatable bonds is 5. The molecule has 0 spiro atoms. The summed E-state index contributed by atoms with van der Waals surface area (Å²) in [5.74, 6) is -0.555. The Hall–Kier alpha value is -3.30. The number of para-hydroxylation sites is 1. The maximum absolute atomic E-state index is 14.0. The minimum Gasteiger partial charge on any atom is -0.355 e. The van der Waals surface area contributed by atoms with E-state index in [-0.39, 0.29) is 47.3 Å². The van der Waals surface area contributed by atoms with E-state index in [1.807, 2.05) is 36.1 Å². The summed E-state index contributed by atoms with van der Waals surface area (Å²) >= 11 is 0. The number of aryl methyl sites for hydroxylation is 1. The fourth-order valence-corrected chi connectivity index (χ4v) is 6.86. The van der Waals surface area contributed by atoms with Crippen LogP contribution in [0, 0.1) is 18.7 Å². The normalized spacial score (nSPS) is 19.2. The van der Waals surface area contributed by atoms with Crippen LogP contribution in [0.3, 0.4) is 0 Å². The van der Waals surface area contributed by atoms with Gasteiger partial charge in [0.05, 0.1) is 0 Å². The Labute approximate surface area is 210 Å². The average molecular weight is 510 g/mol. The van der Waals surface area contributed by atoms with Crippen molar-refractivity contribution in [2.75, 3.05) is 18.0 Å². The van der Waals surface area contributed by atoms with Gasteiger partial charge in [0.2, 0.25) is 15.9 Å². The molecule has 3 aromatic rings. The fraction of sp³-hybridized carbons (Fsp3) is 0.333. The van der Waals surface area contributed by atoms with E-state index in [1.54, 1.807) is 25.1 Å². The van der Waals surface area contributed by atoms with E-state index >= 15 is 0 Å². The van der Waals surface area contributed by atoms with Crippen LogP contribution < -0.4 is 4.90 Å². The van der Waals surface area contributed by atoms with Gasteiger partial charge in [0.25, 0.3) is 0 Å². The molecule has 0 N–H and O–H groups in total. The predicted octanol–water partition coefficient (Wildman–Crippen LogP) is 4.67. The Morgan fingerprint density at radius 1 is 1.08 bits per heavy atom. The summed E-state index contributed by atoms with van der Waals surface area (Å²) in [6.45, 7) is 4.06. The standard InChI is InChI=1S/C27H28FN3O4S/c1-18-17-22-8-4-6-10-24(22)31(18)27(32)21-13-15-30(16-14-21)36(33,34)26-19(2)29-35-25(26)12-11-20-7-3-5-9-23(20)28/h3-12,18,21H,13-17H2,1-2H3/b12-11+/t18-/m0/s1. The van der Waals surface area contributed by atoms with Crippen molar-refractivity contribution in [3.63, 3.8) is 0 Å². The molecule has 1 aromatic heterocycles. The molecule has 1 atom stereocenters. The number of carbonyl (C=O) groups is 1. The molecule has 36 heavy (non-hydrogen) atoms. The molecule has 0 saturated carbocycles. The van der Waals surface area contributed by atoms with Crippen molar-refractivity contribution in [3.05, 3.63) is 76.9 Å². The molecule has 5 rings (SSSR count). The molecule has 1 amide bonds. The summed E-state index contributed by atoms with van der Waals surface area (Å²) in [6.07, 6.45) is 4.59. The zero-order valence-corrected chi connectivity index (χ0v) is 21.0. The molecule has 1 saturated heterocycles. The molecule has 1 fully saturated rings. The van der Waals surface area contributed by atoms with Gasteiger partial charge in [0, 0.05) is 36.3 Å². The van der Waals surface area contributed by atoms with Gasteiger partial charge in [-0.1, -0.05) is 41.6 Å². The number of benzene rings is 2. The van der Waals surface area contributed by atoms with Crippen molar-refractivity contribution in [2.45, 2.75) is 44.0 Å². The number of fused-ring (bicyclic) bond motifs is 1. The number of anilines is 1. The van der Waals surface area contributed by atoms with E-state index in [1.165, 1.54) is 22.5 Å². The van der Waals surface area contributed by atoms with Crippen molar-refractivity contribution in [3.8, 4) is 0 Å². The smallest absolute Gasteiger partial charge is 0.248 e. The van der Waals surface area contributed by atoms with E-state index in [2.05, 4.69) is 5.16 Å². The molecule has 9 heteroatoms. The number of hydrogen-bond acceptors (Lipinski definition) is 5. The van der Waals surface area contributed by atoms with Crippen LogP contribution >= 0.6 is 0 Å². The van der Waals surface area contributed by atoms with Gasteiger partial charge in [-0.2, -0.15) is 4.31 Å². The first-order valence-corrected chi connectivity index (χ1v) is 13.5. The first-order chi connectivity index (χ1) is 17.3. The summed E-state index contributed by atoms with van der Waals surface area (Å²) in [5, 5.41) is 3.85. The molecular formula is C27H28FN3O4S. The highest BCUT2D eigenvalue weighted by atomic mass is 32.2. The maximum atomic E-state index is 14.0. The topological polar surface area (TPSA) is 83.7 Å². The molecule has 0 bridgehead atoms. The van der Waals surface area contributed by atoms with E-state index in [0.717, 1.165) is 17.7 Å². The number of piperidine rings is 1. The SMILES string of the molecule is Cc1noc(/C=C/c2ccccc2F)c1S(=O)(=O)N1CCC(C(=O)N2c3ccccc3C[C@@H]2C)CC1. The highest BCUT2D eigenvalue weighted by Crippen LogP contribution is 2.35. The Bertz CT molecular complexity index is 1420. The van der Waals surface area contributed by atoms with E-state index in [4.69, 9.17) is 4.52 Å². The summed E-state index contributed by atoms with van der Waals surface area (Å²) in [7, 11) is -3.91. The van der Waals surface area contributed by atoms with Crippen LogP contribution in [0.4, 0.5) is 10.1 Å². The number of nitrogens with zero attached hydrogens (tertiary/aromatic N) is 3. The molecule has 2 aliphatic rings. The Morgan fingerprint density at radius 3 is 2.53 bits per heavy atom. The monoisotopic (exact) mass is 509 g/mol. The van der Waals surface area contributed by atoms with Crippen molar-refractivity contribution in [1.29, 1.82) is 0 Å². The molecule has 0 radical (unpaired) electrons. The molecule has 188 valence electrons. The van der Waals surface area contributed by atoms with Crippen LogP contribution in [0.1, 0.15) is 42.3 Å². The quantitative estimate of drug-likeness (QED) is 0.499. The lowest BCUT2D eigenvalue weighted by atomic mass is 9.96. The third kappa shape index (κ3) is 4.37. The van der Waals surface area contributed by atoms with Gasteiger partial charge in [0.15, 0.2) is 10.7 Å².